The molecule has 2 aromatic rings. The Labute approximate surface area is 185 Å². The van der Waals surface area contributed by atoms with E-state index in [0.29, 0.717) is 18.4 Å². The van der Waals surface area contributed by atoms with Crippen molar-refractivity contribution in [2.24, 2.45) is 0 Å². The molecule has 10 heteroatoms. The highest BCUT2D eigenvalue weighted by Crippen LogP contribution is 2.36. The molecule has 4 rings (SSSR count). The summed E-state index contributed by atoms with van der Waals surface area (Å²) in [5.74, 6) is -0.207. The average Bonchev–Trinajstić information content (AvgIpc) is 2.98. The van der Waals surface area contributed by atoms with Gasteiger partial charge in [0, 0.05) is 19.6 Å². The number of piperidine rings is 1. The molecule has 32 heavy (non-hydrogen) atoms. The largest absolute Gasteiger partial charge is 0.416 e. The lowest BCUT2D eigenvalue weighted by Gasteiger charge is -2.44. The molecule has 1 N–H and O–H groups in total. The van der Waals surface area contributed by atoms with Gasteiger partial charge in [0.05, 0.1) is 22.2 Å². The smallest absolute Gasteiger partial charge is 0.319 e. The second-order valence-corrected chi connectivity index (χ2v) is 10.2. The summed E-state index contributed by atoms with van der Waals surface area (Å²) in [7, 11) is -3.66. The molecule has 2 fully saturated rings. The number of benzene rings is 2. The maximum Gasteiger partial charge on any atom is 0.416 e. The quantitative estimate of drug-likeness (QED) is 0.750. The zero-order valence-electron chi connectivity index (χ0n) is 17.5. The summed E-state index contributed by atoms with van der Waals surface area (Å²) in [5.41, 5.74) is -1.18. The normalized spacial score (nSPS) is 21.9. The van der Waals surface area contributed by atoms with Gasteiger partial charge in [-0.15, -0.1) is 0 Å². The summed E-state index contributed by atoms with van der Waals surface area (Å²) in [5, 5.41) is 3.28. The Balaban J connectivity index is 1.55. The van der Waals surface area contributed by atoms with Gasteiger partial charge in [0.25, 0.3) is 0 Å². The topological polar surface area (TPSA) is 69.7 Å². The SMILES string of the molecule is CC1NC2(CCN(S(=O)(=O)c3ccccc3)CC2)N(Cc2cccc(C(F)(F)F)c2)C1=O. The van der Waals surface area contributed by atoms with E-state index < -0.39 is 33.5 Å². The average molecular weight is 468 g/mol. The van der Waals surface area contributed by atoms with Crippen LogP contribution >= 0.6 is 0 Å². The van der Waals surface area contributed by atoms with Crippen molar-refractivity contribution in [3.05, 3.63) is 65.7 Å². The highest BCUT2D eigenvalue weighted by molar-refractivity contribution is 7.89. The van der Waals surface area contributed by atoms with Crippen LogP contribution in [-0.4, -0.2) is 48.3 Å². The third-order valence-electron chi connectivity index (χ3n) is 6.16. The number of amides is 1. The minimum Gasteiger partial charge on any atom is -0.319 e. The monoisotopic (exact) mass is 467 g/mol. The van der Waals surface area contributed by atoms with Crippen LogP contribution in [0.5, 0.6) is 0 Å². The first-order valence-corrected chi connectivity index (χ1v) is 11.8. The Morgan fingerprint density at radius 2 is 1.72 bits per heavy atom. The summed E-state index contributed by atoms with van der Waals surface area (Å²) < 4.78 is 66.6. The van der Waals surface area contributed by atoms with E-state index in [1.165, 1.54) is 10.4 Å². The van der Waals surface area contributed by atoms with Gasteiger partial charge in [-0.3, -0.25) is 10.1 Å². The lowest BCUT2D eigenvalue weighted by atomic mass is 9.96. The minimum atomic E-state index is -4.47. The molecule has 0 bridgehead atoms. The van der Waals surface area contributed by atoms with Crippen LogP contribution < -0.4 is 5.32 Å². The fourth-order valence-electron chi connectivity index (χ4n) is 4.50. The maximum atomic E-state index is 13.1. The van der Waals surface area contributed by atoms with Crippen LogP contribution in [0.15, 0.2) is 59.5 Å². The second kappa shape index (κ2) is 8.17. The molecule has 6 nitrogen and oxygen atoms in total. The van der Waals surface area contributed by atoms with Gasteiger partial charge in [0.1, 0.15) is 0 Å². The summed E-state index contributed by atoms with van der Waals surface area (Å²) >= 11 is 0. The van der Waals surface area contributed by atoms with Crippen molar-refractivity contribution in [1.82, 2.24) is 14.5 Å². The van der Waals surface area contributed by atoms with Crippen LogP contribution in [0.4, 0.5) is 13.2 Å². The molecule has 2 aliphatic heterocycles. The summed E-state index contributed by atoms with van der Waals surface area (Å²) in [6.07, 6.45) is -3.78. The van der Waals surface area contributed by atoms with Crippen LogP contribution in [0.25, 0.3) is 0 Å². The first-order chi connectivity index (χ1) is 15.0. The van der Waals surface area contributed by atoms with Crippen LogP contribution in [0, 0.1) is 0 Å². The number of carbonyl (C=O) groups is 1. The fourth-order valence-corrected chi connectivity index (χ4v) is 5.96. The number of hydrogen-bond donors (Lipinski definition) is 1. The zero-order valence-corrected chi connectivity index (χ0v) is 18.3. The molecule has 0 saturated carbocycles. The highest BCUT2D eigenvalue weighted by Gasteiger charge is 2.51. The summed E-state index contributed by atoms with van der Waals surface area (Å²) in [6, 6.07) is 12.6. The number of hydrogen-bond acceptors (Lipinski definition) is 4. The van der Waals surface area contributed by atoms with Gasteiger partial charge in [-0.1, -0.05) is 30.3 Å². The number of alkyl halides is 3. The predicted octanol–water partition coefficient (Wildman–Crippen LogP) is 3.21. The number of nitrogens with zero attached hydrogens (tertiary/aromatic N) is 2. The Hall–Kier alpha value is -2.43. The highest BCUT2D eigenvalue weighted by atomic mass is 32.2. The van der Waals surface area contributed by atoms with Crippen LogP contribution in [0.2, 0.25) is 0 Å². The second-order valence-electron chi connectivity index (χ2n) is 8.24. The molecule has 0 radical (unpaired) electrons. The van der Waals surface area contributed by atoms with Gasteiger partial charge < -0.3 is 4.90 Å². The maximum absolute atomic E-state index is 13.1. The Bertz CT molecular complexity index is 1100. The lowest BCUT2D eigenvalue weighted by molar-refractivity contribution is -0.137. The zero-order chi connectivity index (χ0) is 23.1. The van der Waals surface area contributed by atoms with Gasteiger partial charge in [0.2, 0.25) is 15.9 Å². The molecule has 1 atom stereocenters. The third-order valence-corrected chi connectivity index (χ3v) is 8.08. The number of carbonyl (C=O) groups excluding carboxylic acids is 1. The molecule has 0 aromatic heterocycles. The number of sulfonamides is 1. The van der Waals surface area contributed by atoms with Gasteiger partial charge in [0.15, 0.2) is 0 Å². The van der Waals surface area contributed by atoms with Crippen molar-refractivity contribution < 1.29 is 26.4 Å². The van der Waals surface area contributed by atoms with Gasteiger partial charge in [-0.25, -0.2) is 8.42 Å². The predicted molar refractivity (Wildman–Crippen MR) is 112 cm³/mol. The Morgan fingerprint density at radius 1 is 1.06 bits per heavy atom. The number of rotatable bonds is 4. The van der Waals surface area contributed by atoms with E-state index in [1.807, 2.05) is 0 Å². The van der Waals surface area contributed by atoms with Gasteiger partial charge >= 0.3 is 6.18 Å². The van der Waals surface area contributed by atoms with Crippen molar-refractivity contribution in [1.29, 1.82) is 0 Å². The number of halogens is 3. The molecular weight excluding hydrogens is 443 g/mol. The molecule has 1 unspecified atom stereocenters. The fraction of sp³-hybridized carbons (Fsp3) is 0.409. The first-order valence-electron chi connectivity index (χ1n) is 10.3. The van der Waals surface area contributed by atoms with Crippen molar-refractivity contribution in [2.45, 2.75) is 49.1 Å². The first kappa shape index (κ1) is 22.8. The van der Waals surface area contributed by atoms with E-state index in [-0.39, 0.29) is 30.4 Å². The van der Waals surface area contributed by atoms with E-state index in [0.717, 1.165) is 12.1 Å². The van der Waals surface area contributed by atoms with E-state index >= 15 is 0 Å². The Kier molecular flexibility index (Phi) is 5.81. The van der Waals surface area contributed by atoms with E-state index in [4.69, 9.17) is 0 Å². The van der Waals surface area contributed by atoms with E-state index in [1.54, 1.807) is 48.2 Å². The molecule has 2 aromatic carbocycles. The molecular formula is C22H24F3N3O3S. The van der Waals surface area contributed by atoms with Crippen LogP contribution in [0.1, 0.15) is 30.9 Å². The van der Waals surface area contributed by atoms with Crippen molar-refractivity contribution >= 4 is 15.9 Å². The van der Waals surface area contributed by atoms with E-state index in [2.05, 4.69) is 5.32 Å². The minimum absolute atomic E-state index is 0.0194. The Morgan fingerprint density at radius 3 is 2.34 bits per heavy atom. The van der Waals surface area contributed by atoms with Gasteiger partial charge in [-0.2, -0.15) is 17.5 Å². The van der Waals surface area contributed by atoms with Crippen LogP contribution in [0.3, 0.4) is 0 Å². The molecule has 2 saturated heterocycles. The third kappa shape index (κ3) is 4.14. The standard InChI is InChI=1S/C22H24F3N3O3S/c1-16-20(29)28(15-17-6-5-7-18(14-17)22(23,24)25)21(26-16)10-12-27(13-11-21)32(30,31)19-8-3-2-4-9-19/h2-9,14,16,26H,10-13,15H2,1H3. The molecule has 1 spiro atoms. The van der Waals surface area contributed by atoms with E-state index in [9.17, 15) is 26.4 Å². The number of nitrogens with one attached hydrogen (secondary N) is 1. The summed E-state index contributed by atoms with van der Waals surface area (Å²) in [6.45, 7) is 2.13. The van der Waals surface area contributed by atoms with Crippen molar-refractivity contribution in [3.63, 3.8) is 0 Å². The van der Waals surface area contributed by atoms with Crippen molar-refractivity contribution in [2.75, 3.05) is 13.1 Å². The van der Waals surface area contributed by atoms with Gasteiger partial charge in [-0.05, 0) is 49.6 Å². The molecule has 2 aliphatic rings. The lowest BCUT2D eigenvalue weighted by Crippen LogP contribution is -2.59. The van der Waals surface area contributed by atoms with Crippen molar-refractivity contribution in [3.8, 4) is 0 Å². The molecule has 2 heterocycles. The molecule has 172 valence electrons. The molecule has 0 aliphatic carbocycles. The molecule has 1 amide bonds. The summed E-state index contributed by atoms with van der Waals surface area (Å²) in [4.78, 5) is 14.7. The van der Waals surface area contributed by atoms with Crippen LogP contribution in [-0.2, 0) is 27.5 Å².